The van der Waals surface area contributed by atoms with E-state index in [9.17, 15) is 4.79 Å². The van der Waals surface area contributed by atoms with Crippen LogP contribution in [-0.4, -0.2) is 15.6 Å². The van der Waals surface area contributed by atoms with E-state index in [4.69, 9.17) is 12.2 Å². The van der Waals surface area contributed by atoms with Gasteiger partial charge in [-0.2, -0.15) is 0 Å². The van der Waals surface area contributed by atoms with Crippen molar-refractivity contribution in [2.75, 3.05) is 5.43 Å². The molecule has 0 unspecified atom stereocenters. The lowest BCUT2D eigenvalue weighted by Crippen LogP contribution is -2.24. The summed E-state index contributed by atoms with van der Waals surface area (Å²) < 4.78 is 2.10. The number of amides is 1. The molecule has 0 spiro atoms. The van der Waals surface area contributed by atoms with E-state index in [1.807, 2.05) is 25.1 Å². The molecule has 0 atom stereocenters. The molecule has 5 heteroatoms. The van der Waals surface area contributed by atoms with E-state index in [1.165, 1.54) is 0 Å². The zero-order valence-corrected chi connectivity index (χ0v) is 10.3. The fourth-order valence-electron chi connectivity index (χ4n) is 1.58. The molecule has 0 aliphatic heterocycles. The summed E-state index contributed by atoms with van der Waals surface area (Å²) in [6, 6.07) is 7.46. The molecule has 0 fully saturated rings. The van der Waals surface area contributed by atoms with E-state index in [0.29, 0.717) is 16.7 Å². The number of carbonyl (C=O) groups is 1. The fourth-order valence-corrected chi connectivity index (χ4v) is 1.78. The number of fused-ring (bicyclic) bond motifs is 1. The van der Waals surface area contributed by atoms with Crippen LogP contribution >= 0.6 is 12.2 Å². The number of aromatic nitrogens is 2. The average molecular weight is 247 g/mol. The quantitative estimate of drug-likeness (QED) is 0.848. The molecule has 4 nitrogen and oxygen atoms in total. The van der Waals surface area contributed by atoms with Gasteiger partial charge in [-0.3, -0.25) is 10.2 Å². The molecule has 0 aliphatic carbocycles. The molecule has 88 valence electrons. The van der Waals surface area contributed by atoms with Gasteiger partial charge in [0.05, 0.1) is 0 Å². The zero-order chi connectivity index (χ0) is 12.3. The predicted octanol–water partition coefficient (Wildman–Crippen LogP) is 2.64. The number of hydrogen-bond acceptors (Lipinski definition) is 3. The first-order valence-electron chi connectivity index (χ1n) is 5.49. The van der Waals surface area contributed by atoms with Crippen molar-refractivity contribution in [1.29, 1.82) is 0 Å². The number of pyridine rings is 2. The van der Waals surface area contributed by atoms with E-state index in [0.717, 1.165) is 11.8 Å². The van der Waals surface area contributed by atoms with Crippen molar-refractivity contribution < 1.29 is 4.79 Å². The van der Waals surface area contributed by atoms with E-state index in [-0.39, 0.29) is 5.91 Å². The molecule has 1 amide bonds. The highest BCUT2D eigenvalue weighted by atomic mass is 32.1. The molecule has 2 aromatic rings. The van der Waals surface area contributed by atoms with Crippen LogP contribution in [0, 0.1) is 4.64 Å². The number of carbonyl (C=O) groups excluding carboxylic acids is 1. The summed E-state index contributed by atoms with van der Waals surface area (Å²) >= 11 is 5.19. The molecule has 1 N–H and O–H groups in total. The van der Waals surface area contributed by atoms with Crippen LogP contribution in [0.5, 0.6) is 0 Å². The van der Waals surface area contributed by atoms with Crippen molar-refractivity contribution >= 4 is 29.2 Å². The Bertz CT molecular complexity index is 606. The zero-order valence-electron chi connectivity index (χ0n) is 9.51. The Labute approximate surface area is 104 Å². The van der Waals surface area contributed by atoms with Gasteiger partial charge in [-0.25, -0.2) is 9.66 Å². The van der Waals surface area contributed by atoms with Gasteiger partial charge in [0.2, 0.25) is 5.91 Å². The van der Waals surface area contributed by atoms with Crippen molar-refractivity contribution in [3.05, 3.63) is 35.1 Å². The second kappa shape index (κ2) is 5.05. The van der Waals surface area contributed by atoms with Crippen molar-refractivity contribution in [3.8, 4) is 0 Å². The smallest absolute Gasteiger partial charge is 0.238 e. The minimum Gasteiger partial charge on any atom is -0.273 e. The third-order valence-electron chi connectivity index (χ3n) is 2.37. The van der Waals surface area contributed by atoms with Crippen LogP contribution in [0.4, 0.5) is 0 Å². The van der Waals surface area contributed by atoms with E-state index >= 15 is 0 Å². The first-order chi connectivity index (χ1) is 8.22. The molecule has 2 heterocycles. The van der Waals surface area contributed by atoms with Gasteiger partial charge < -0.3 is 0 Å². The Morgan fingerprint density at radius 1 is 1.47 bits per heavy atom. The molecule has 0 bridgehead atoms. The monoisotopic (exact) mass is 247 g/mol. The Balaban J connectivity index is 2.48. The van der Waals surface area contributed by atoms with Gasteiger partial charge in [-0.05, 0) is 30.7 Å². The minimum absolute atomic E-state index is 0.0539. The second-order valence-electron chi connectivity index (χ2n) is 3.71. The molecular formula is C12H13N3OS. The highest BCUT2D eigenvalue weighted by Gasteiger charge is 2.04. The van der Waals surface area contributed by atoms with Crippen molar-refractivity contribution in [1.82, 2.24) is 9.66 Å². The van der Waals surface area contributed by atoms with Crippen LogP contribution in [-0.2, 0) is 4.79 Å². The first kappa shape index (κ1) is 11.7. The first-order valence-corrected chi connectivity index (χ1v) is 5.90. The minimum atomic E-state index is -0.0539. The largest absolute Gasteiger partial charge is 0.273 e. The standard InChI is InChI=1S/C12H13N3OS/c1-2-4-10(16)14-15-11(17)7-6-9-5-3-8-13-12(9)15/h3,5-8H,2,4H2,1H3,(H,14,16). The number of hydrogen-bond donors (Lipinski definition) is 1. The SMILES string of the molecule is CCCC(=O)Nn1c(=S)ccc2cccnc21. The summed E-state index contributed by atoms with van der Waals surface area (Å²) in [6.07, 6.45) is 2.96. The van der Waals surface area contributed by atoms with Crippen LogP contribution in [0.15, 0.2) is 30.5 Å². The van der Waals surface area contributed by atoms with Crippen LogP contribution < -0.4 is 5.43 Å². The summed E-state index contributed by atoms with van der Waals surface area (Å²) in [6.45, 7) is 1.96. The van der Waals surface area contributed by atoms with Gasteiger partial charge in [0.1, 0.15) is 4.64 Å². The van der Waals surface area contributed by atoms with E-state index < -0.39 is 0 Å². The normalized spacial score (nSPS) is 10.4. The highest BCUT2D eigenvalue weighted by Crippen LogP contribution is 2.10. The Hall–Kier alpha value is -1.75. The molecular weight excluding hydrogens is 234 g/mol. The average Bonchev–Trinajstić information content (AvgIpc) is 2.33. The number of nitrogens with one attached hydrogen (secondary N) is 1. The van der Waals surface area contributed by atoms with Gasteiger partial charge >= 0.3 is 0 Å². The van der Waals surface area contributed by atoms with Gasteiger partial charge in [0.15, 0.2) is 5.65 Å². The van der Waals surface area contributed by atoms with Gasteiger partial charge in [0, 0.05) is 18.0 Å². The summed E-state index contributed by atoms with van der Waals surface area (Å²) in [4.78, 5) is 15.8. The van der Waals surface area contributed by atoms with Crippen LogP contribution in [0.3, 0.4) is 0 Å². The Morgan fingerprint density at radius 3 is 3.06 bits per heavy atom. The number of rotatable bonds is 3. The molecule has 2 rings (SSSR count). The van der Waals surface area contributed by atoms with Crippen molar-refractivity contribution in [3.63, 3.8) is 0 Å². The molecule has 0 aliphatic rings. The van der Waals surface area contributed by atoms with Gasteiger partial charge in [-0.15, -0.1) is 0 Å². The van der Waals surface area contributed by atoms with Crippen LogP contribution in [0.1, 0.15) is 19.8 Å². The molecule has 17 heavy (non-hydrogen) atoms. The van der Waals surface area contributed by atoms with Crippen LogP contribution in [0.2, 0.25) is 0 Å². The lowest BCUT2D eigenvalue weighted by molar-refractivity contribution is -0.117. The molecule has 0 saturated carbocycles. The maximum absolute atomic E-state index is 11.6. The molecule has 0 saturated heterocycles. The van der Waals surface area contributed by atoms with Crippen molar-refractivity contribution in [2.45, 2.75) is 19.8 Å². The molecule has 0 radical (unpaired) electrons. The Kier molecular flexibility index (Phi) is 3.49. The molecule has 0 aromatic carbocycles. The maximum Gasteiger partial charge on any atom is 0.238 e. The van der Waals surface area contributed by atoms with Gasteiger partial charge in [0.25, 0.3) is 0 Å². The topological polar surface area (TPSA) is 46.9 Å². The lowest BCUT2D eigenvalue weighted by atomic mass is 10.3. The summed E-state index contributed by atoms with van der Waals surface area (Å²) in [5.41, 5.74) is 3.44. The number of nitrogens with zero attached hydrogens (tertiary/aromatic N) is 2. The third kappa shape index (κ3) is 2.50. The summed E-state index contributed by atoms with van der Waals surface area (Å²) in [5, 5.41) is 0.942. The molecule has 2 aromatic heterocycles. The fraction of sp³-hybridized carbons (Fsp3) is 0.250. The van der Waals surface area contributed by atoms with Crippen LogP contribution in [0.25, 0.3) is 11.0 Å². The summed E-state index contributed by atoms with van der Waals surface area (Å²) in [5.74, 6) is -0.0539. The van der Waals surface area contributed by atoms with Gasteiger partial charge in [-0.1, -0.05) is 19.1 Å². The predicted molar refractivity (Wildman–Crippen MR) is 69.8 cm³/mol. The van der Waals surface area contributed by atoms with E-state index in [2.05, 4.69) is 10.4 Å². The third-order valence-corrected chi connectivity index (χ3v) is 2.69. The van der Waals surface area contributed by atoms with E-state index in [1.54, 1.807) is 16.9 Å². The second-order valence-corrected chi connectivity index (χ2v) is 4.13. The lowest BCUT2D eigenvalue weighted by Gasteiger charge is -2.11. The highest BCUT2D eigenvalue weighted by molar-refractivity contribution is 7.71. The van der Waals surface area contributed by atoms with Crippen molar-refractivity contribution in [2.24, 2.45) is 0 Å². The Morgan fingerprint density at radius 2 is 2.29 bits per heavy atom. The maximum atomic E-state index is 11.6. The summed E-state index contributed by atoms with van der Waals surface area (Å²) in [7, 11) is 0.